The van der Waals surface area contributed by atoms with Crippen molar-refractivity contribution in [1.29, 1.82) is 0 Å². The Morgan fingerprint density at radius 1 is 0.875 bits per heavy atom. The van der Waals surface area contributed by atoms with Gasteiger partial charge >= 0.3 is 17.8 Å². The Morgan fingerprint density at radius 3 is 2.05 bits per heavy atom. The molecule has 214 valence electrons. The summed E-state index contributed by atoms with van der Waals surface area (Å²) in [5.74, 6) is -27.0. The molecule has 4 N–H and O–H groups in total. The molecule has 0 fully saturated rings. The van der Waals surface area contributed by atoms with E-state index < -0.39 is 73.9 Å². The highest BCUT2D eigenvalue weighted by molar-refractivity contribution is 7.92. The summed E-state index contributed by atoms with van der Waals surface area (Å²) >= 11 is 0. The number of nitrogens with two attached hydrogens (primary N) is 1. The molecule has 0 radical (unpaired) electrons. The zero-order valence-electron chi connectivity index (χ0n) is 19.2. The van der Waals surface area contributed by atoms with Gasteiger partial charge in [0.05, 0.1) is 16.3 Å². The van der Waals surface area contributed by atoms with Gasteiger partial charge in [-0.3, -0.25) is 4.72 Å². The average Bonchev–Trinajstić information content (AvgIpc) is 2.89. The number of hydrogen-bond acceptors (Lipinski definition) is 6. The predicted octanol–water partition coefficient (Wildman–Crippen LogP) is 4.64. The quantitative estimate of drug-likeness (QED) is 0.0379. The minimum Gasteiger partial charge on any atom is -0.422 e. The number of carbonyl (C=O) groups is 1. The second kappa shape index (κ2) is 11.0. The number of sulfonamides is 1. The van der Waals surface area contributed by atoms with Crippen LogP contribution in [0.2, 0.25) is 0 Å². The van der Waals surface area contributed by atoms with Crippen molar-refractivity contribution in [3.63, 3.8) is 0 Å². The maximum atomic E-state index is 14.4. The van der Waals surface area contributed by atoms with Crippen LogP contribution in [-0.4, -0.2) is 26.6 Å². The summed E-state index contributed by atoms with van der Waals surface area (Å²) < 4.78 is 156. The first-order valence-corrected chi connectivity index (χ1v) is 11.7. The fourth-order valence-electron chi connectivity index (χ4n) is 3.02. The van der Waals surface area contributed by atoms with E-state index in [9.17, 15) is 52.7 Å². The number of alkyl halides is 4. The van der Waals surface area contributed by atoms with Gasteiger partial charge in [-0.1, -0.05) is 12.1 Å². The maximum absolute atomic E-state index is 14.4. The number of halogens is 9. The SMILES string of the molecule is NNC=Nc1cccc(S(=O)(=O)Nc2cccc(OC(=O)C(F)(F)C(F)(F)c3c(F)c(F)c(F)c(F)c3F)c2)c1. The topological polar surface area (TPSA) is 123 Å². The molecule has 0 aliphatic carbocycles. The van der Waals surface area contributed by atoms with Crippen molar-refractivity contribution in [2.24, 2.45) is 10.8 Å². The number of rotatable bonds is 9. The Hall–Kier alpha value is -4.32. The monoisotopic (exact) mass is 600 g/mol. The second-order valence-corrected chi connectivity index (χ2v) is 9.22. The van der Waals surface area contributed by atoms with Gasteiger partial charge in [0.1, 0.15) is 17.7 Å². The third-order valence-electron chi connectivity index (χ3n) is 4.89. The third-order valence-corrected chi connectivity index (χ3v) is 6.27. The van der Waals surface area contributed by atoms with Crippen LogP contribution >= 0.6 is 0 Å². The highest BCUT2D eigenvalue weighted by Gasteiger charge is 2.67. The van der Waals surface area contributed by atoms with E-state index in [1.807, 2.05) is 4.72 Å². The lowest BCUT2D eigenvalue weighted by atomic mass is 10.00. The molecular formula is C22H13F9N4O4S. The van der Waals surface area contributed by atoms with Crippen LogP contribution in [0.25, 0.3) is 0 Å². The number of nitrogens with one attached hydrogen (secondary N) is 2. The van der Waals surface area contributed by atoms with Crippen molar-refractivity contribution in [2.75, 3.05) is 4.72 Å². The molecule has 8 nitrogen and oxygen atoms in total. The van der Waals surface area contributed by atoms with E-state index in [0.717, 1.165) is 36.7 Å². The highest BCUT2D eigenvalue weighted by atomic mass is 32.2. The summed E-state index contributed by atoms with van der Waals surface area (Å²) in [6.45, 7) is 0. The molecule has 0 bridgehead atoms. The fraction of sp³-hybridized carbons (Fsp3) is 0.0909. The van der Waals surface area contributed by atoms with Crippen LogP contribution in [0.15, 0.2) is 58.4 Å². The first kappa shape index (κ1) is 30.2. The van der Waals surface area contributed by atoms with Gasteiger partial charge in [-0.25, -0.2) is 46.0 Å². The number of aliphatic imine (C=N–C) groups is 1. The first-order valence-electron chi connectivity index (χ1n) is 10.3. The van der Waals surface area contributed by atoms with Crippen LogP contribution < -0.4 is 20.7 Å². The molecule has 40 heavy (non-hydrogen) atoms. The standard InChI is InChI=1S/C22H13F9N4O4S/c23-15-14(16(24)18(26)19(27)17(15)25)21(28,29)22(30,31)20(36)39-12-5-1-4-11(7-12)35-40(37,38)13-6-2-3-10(8-13)33-9-34-32/h1-9,35H,32H2,(H,33,34). The molecule has 0 unspecified atom stereocenters. The number of benzene rings is 3. The Labute approximate surface area is 218 Å². The first-order chi connectivity index (χ1) is 18.5. The van der Waals surface area contributed by atoms with Gasteiger partial charge in [-0.05, 0) is 30.3 Å². The smallest absolute Gasteiger partial charge is 0.409 e. The lowest BCUT2D eigenvalue weighted by molar-refractivity contribution is -0.228. The van der Waals surface area contributed by atoms with Gasteiger partial charge in [-0.15, -0.1) is 0 Å². The summed E-state index contributed by atoms with van der Waals surface area (Å²) in [7, 11) is -4.38. The molecule has 0 spiro atoms. The maximum Gasteiger partial charge on any atom is 0.409 e. The predicted molar refractivity (Wildman–Crippen MR) is 120 cm³/mol. The molecule has 0 saturated carbocycles. The summed E-state index contributed by atoms with van der Waals surface area (Å²) in [5, 5.41) is 0. The van der Waals surface area contributed by atoms with Crippen molar-refractivity contribution < 1.29 is 57.5 Å². The van der Waals surface area contributed by atoms with E-state index in [2.05, 4.69) is 15.2 Å². The van der Waals surface area contributed by atoms with Gasteiger partial charge < -0.3 is 10.2 Å². The van der Waals surface area contributed by atoms with E-state index in [1.54, 1.807) is 0 Å². The van der Waals surface area contributed by atoms with Crippen LogP contribution in [0, 0.1) is 29.1 Å². The van der Waals surface area contributed by atoms with Gasteiger partial charge in [0.15, 0.2) is 23.3 Å². The number of hydrazine groups is 1. The molecule has 3 aromatic rings. The van der Waals surface area contributed by atoms with E-state index in [0.29, 0.717) is 6.07 Å². The largest absolute Gasteiger partial charge is 0.422 e. The molecular weight excluding hydrogens is 587 g/mol. The minimum atomic E-state index is -6.29. The Morgan fingerprint density at radius 2 is 1.45 bits per heavy atom. The zero-order chi connectivity index (χ0) is 30.0. The van der Waals surface area contributed by atoms with Crippen molar-refractivity contribution in [1.82, 2.24) is 5.43 Å². The summed E-state index contributed by atoms with van der Waals surface area (Å²) in [6, 6.07) is 8.27. The molecule has 0 aliphatic heterocycles. The van der Waals surface area contributed by atoms with Crippen molar-refractivity contribution in [2.45, 2.75) is 16.7 Å². The zero-order valence-corrected chi connectivity index (χ0v) is 20.0. The number of esters is 1. The van der Waals surface area contributed by atoms with Crippen molar-refractivity contribution in [3.8, 4) is 5.75 Å². The Balaban J connectivity index is 1.88. The number of hydrogen-bond donors (Lipinski definition) is 3. The normalized spacial score (nSPS) is 12.4. The number of anilines is 1. The highest BCUT2D eigenvalue weighted by Crippen LogP contribution is 2.47. The van der Waals surface area contributed by atoms with Gasteiger partial charge in [-0.2, -0.15) is 17.6 Å². The molecule has 18 heteroatoms. The fourth-order valence-corrected chi connectivity index (χ4v) is 4.11. The minimum absolute atomic E-state index is 0.139. The van der Waals surface area contributed by atoms with Crippen molar-refractivity contribution >= 4 is 33.7 Å². The second-order valence-electron chi connectivity index (χ2n) is 7.54. The van der Waals surface area contributed by atoms with Crippen LogP contribution in [0.1, 0.15) is 5.56 Å². The molecule has 0 amide bonds. The summed E-state index contributed by atoms with van der Waals surface area (Å²) in [5.41, 5.74) is -1.46. The number of nitrogens with zero attached hydrogens (tertiary/aromatic N) is 1. The van der Waals surface area contributed by atoms with Crippen LogP contribution in [0.5, 0.6) is 5.75 Å². The van der Waals surface area contributed by atoms with Crippen LogP contribution in [-0.2, 0) is 20.7 Å². The molecule has 0 saturated heterocycles. The lowest BCUT2D eigenvalue weighted by Crippen LogP contribution is -2.48. The molecule has 0 heterocycles. The number of ether oxygens (including phenoxy) is 1. The van der Waals surface area contributed by atoms with Crippen molar-refractivity contribution in [3.05, 3.63) is 83.2 Å². The third kappa shape index (κ3) is 5.67. The summed E-state index contributed by atoms with van der Waals surface area (Å²) in [4.78, 5) is 15.4. The average molecular weight is 600 g/mol. The molecule has 0 aliphatic rings. The molecule has 0 aromatic heterocycles. The number of carbonyl (C=O) groups excluding carboxylic acids is 1. The molecule has 3 rings (SSSR count). The Bertz CT molecular complexity index is 1570. The Kier molecular flexibility index (Phi) is 8.35. The van der Waals surface area contributed by atoms with E-state index in [4.69, 9.17) is 5.84 Å². The molecule has 0 atom stereocenters. The van der Waals surface area contributed by atoms with E-state index in [-0.39, 0.29) is 10.6 Å². The van der Waals surface area contributed by atoms with E-state index in [1.165, 1.54) is 12.1 Å². The lowest BCUT2D eigenvalue weighted by Gasteiger charge is -2.26. The summed E-state index contributed by atoms with van der Waals surface area (Å²) in [6.07, 6.45) is 1.04. The van der Waals surface area contributed by atoms with Gasteiger partial charge in [0.25, 0.3) is 10.0 Å². The molecule has 3 aromatic carbocycles. The van der Waals surface area contributed by atoms with Gasteiger partial charge in [0.2, 0.25) is 5.82 Å². The van der Waals surface area contributed by atoms with Gasteiger partial charge in [0, 0.05) is 6.07 Å². The van der Waals surface area contributed by atoms with Crippen LogP contribution in [0.3, 0.4) is 0 Å². The van der Waals surface area contributed by atoms with Crippen LogP contribution in [0.4, 0.5) is 50.9 Å². The van der Waals surface area contributed by atoms with E-state index >= 15 is 0 Å².